The zero-order chi connectivity index (χ0) is 19.1. The minimum atomic E-state index is -3.96. The fourth-order valence-electron chi connectivity index (χ4n) is 3.23. The number of carbonyl (C=O) groups is 1. The maximum absolute atomic E-state index is 13.3. The quantitative estimate of drug-likeness (QED) is 0.889. The summed E-state index contributed by atoms with van der Waals surface area (Å²) in [7, 11) is -2.61. The Morgan fingerprint density at radius 3 is 2.46 bits per heavy atom. The molecule has 1 heterocycles. The molecule has 138 valence electrons. The monoisotopic (exact) mass is 376 g/mol. The van der Waals surface area contributed by atoms with Crippen LogP contribution in [-0.4, -0.2) is 39.1 Å². The first-order chi connectivity index (χ1) is 12.3. The van der Waals surface area contributed by atoms with Gasteiger partial charge in [0.15, 0.2) is 0 Å². The molecule has 0 saturated carbocycles. The summed E-state index contributed by atoms with van der Waals surface area (Å²) in [6, 6.07) is 10.4. The van der Waals surface area contributed by atoms with Crippen LogP contribution in [0.25, 0.3) is 0 Å². The Labute approximate surface area is 152 Å². The third kappa shape index (κ3) is 2.86. The van der Waals surface area contributed by atoms with Gasteiger partial charge in [-0.25, -0.2) is 8.42 Å². The Kier molecular flexibility index (Phi) is 4.53. The van der Waals surface area contributed by atoms with Gasteiger partial charge >= 0.3 is 0 Å². The van der Waals surface area contributed by atoms with Crippen molar-refractivity contribution in [1.29, 1.82) is 0 Å². The molecular formula is C18H20N2O5S. The van der Waals surface area contributed by atoms with E-state index in [-0.39, 0.29) is 34.9 Å². The average molecular weight is 376 g/mol. The second-order valence-corrected chi connectivity index (χ2v) is 7.93. The average Bonchev–Trinajstić information content (AvgIpc) is 2.60. The molecule has 2 aromatic rings. The number of fused-ring (bicyclic) bond motifs is 1. The van der Waals surface area contributed by atoms with Crippen LogP contribution in [0.3, 0.4) is 0 Å². The minimum Gasteiger partial charge on any atom is -0.508 e. The Bertz CT molecular complexity index is 958. The van der Waals surface area contributed by atoms with Crippen molar-refractivity contribution >= 4 is 27.3 Å². The molecule has 0 aliphatic carbocycles. The second kappa shape index (κ2) is 6.53. The summed E-state index contributed by atoms with van der Waals surface area (Å²) >= 11 is 0. The van der Waals surface area contributed by atoms with E-state index in [1.165, 1.54) is 36.5 Å². The smallest absolute Gasteiger partial charge is 0.268 e. The number of phenols is 1. The van der Waals surface area contributed by atoms with E-state index in [1.54, 1.807) is 36.1 Å². The van der Waals surface area contributed by atoms with Gasteiger partial charge in [-0.05, 0) is 31.2 Å². The number of sulfonamides is 1. The lowest BCUT2D eigenvalue weighted by molar-refractivity contribution is -0.117. The molecule has 8 heteroatoms. The zero-order valence-electron chi connectivity index (χ0n) is 14.7. The normalized spacial score (nSPS) is 17.0. The Hall–Kier alpha value is -2.74. The fraction of sp³-hybridized carbons (Fsp3) is 0.278. The predicted molar refractivity (Wildman–Crippen MR) is 98.3 cm³/mol. The molecular weight excluding hydrogens is 356 g/mol. The number of hydrogen-bond acceptors (Lipinski definition) is 5. The van der Waals surface area contributed by atoms with Gasteiger partial charge in [-0.15, -0.1) is 0 Å². The van der Waals surface area contributed by atoms with E-state index in [4.69, 9.17) is 4.74 Å². The van der Waals surface area contributed by atoms with E-state index < -0.39 is 10.0 Å². The highest BCUT2D eigenvalue weighted by atomic mass is 32.2. The number of nitrogens with zero attached hydrogens (tertiary/aromatic N) is 2. The highest BCUT2D eigenvalue weighted by molar-refractivity contribution is 7.93. The molecule has 0 bridgehead atoms. The fourth-order valence-corrected chi connectivity index (χ4v) is 4.93. The van der Waals surface area contributed by atoms with Gasteiger partial charge in [-0.3, -0.25) is 9.10 Å². The molecule has 0 radical (unpaired) electrons. The van der Waals surface area contributed by atoms with Crippen molar-refractivity contribution in [2.24, 2.45) is 0 Å². The summed E-state index contributed by atoms with van der Waals surface area (Å²) in [4.78, 5) is 13.6. The third-order valence-electron chi connectivity index (χ3n) is 4.34. The summed E-state index contributed by atoms with van der Waals surface area (Å²) < 4.78 is 33.1. The number of ether oxygens (including phenoxy) is 1. The number of rotatable bonds is 3. The van der Waals surface area contributed by atoms with E-state index in [1.807, 2.05) is 0 Å². The highest BCUT2D eigenvalue weighted by Gasteiger charge is 2.38. The topological polar surface area (TPSA) is 87.2 Å². The zero-order valence-corrected chi connectivity index (χ0v) is 15.5. The van der Waals surface area contributed by atoms with Crippen LogP contribution in [0.5, 0.6) is 11.5 Å². The molecule has 2 aromatic carbocycles. The first-order valence-corrected chi connectivity index (χ1v) is 9.50. The van der Waals surface area contributed by atoms with Gasteiger partial charge in [0.1, 0.15) is 16.4 Å². The lowest BCUT2D eigenvalue weighted by Crippen LogP contribution is -2.51. The van der Waals surface area contributed by atoms with E-state index in [0.29, 0.717) is 11.4 Å². The van der Waals surface area contributed by atoms with Gasteiger partial charge < -0.3 is 14.7 Å². The Balaban J connectivity index is 2.17. The molecule has 0 spiro atoms. The van der Waals surface area contributed by atoms with E-state index in [0.717, 1.165) is 0 Å². The number of hydrogen-bond donors (Lipinski definition) is 1. The van der Waals surface area contributed by atoms with Crippen LogP contribution in [0.1, 0.15) is 13.8 Å². The van der Waals surface area contributed by atoms with E-state index in [2.05, 4.69) is 0 Å². The molecule has 7 nitrogen and oxygen atoms in total. The number of aromatic hydroxyl groups is 1. The number of benzene rings is 2. The number of anilines is 2. The van der Waals surface area contributed by atoms with Gasteiger partial charge in [0, 0.05) is 13.0 Å². The molecule has 26 heavy (non-hydrogen) atoms. The van der Waals surface area contributed by atoms with Crippen molar-refractivity contribution in [3.05, 3.63) is 42.5 Å². The Morgan fingerprint density at radius 2 is 1.85 bits per heavy atom. The molecule has 1 N–H and O–H groups in total. The maximum Gasteiger partial charge on any atom is 0.268 e. The largest absolute Gasteiger partial charge is 0.508 e. The van der Waals surface area contributed by atoms with Crippen LogP contribution in [0.2, 0.25) is 0 Å². The summed E-state index contributed by atoms with van der Waals surface area (Å²) in [5, 5.41) is 9.61. The van der Waals surface area contributed by atoms with Crippen LogP contribution in [-0.2, 0) is 14.8 Å². The molecule has 1 amide bonds. The SMILES string of the molecule is COc1cc(O)ccc1S(=O)(=O)N1C[C@H](C)N(C(C)=O)c2ccccc21. The van der Waals surface area contributed by atoms with Crippen LogP contribution in [0, 0.1) is 0 Å². The number of amides is 1. The van der Waals surface area contributed by atoms with Crippen LogP contribution in [0.4, 0.5) is 11.4 Å². The van der Waals surface area contributed by atoms with Crippen LogP contribution in [0.15, 0.2) is 47.4 Å². The molecule has 1 aliphatic rings. The van der Waals surface area contributed by atoms with Crippen molar-refractivity contribution in [3.8, 4) is 11.5 Å². The molecule has 1 aliphatic heterocycles. The van der Waals surface area contributed by atoms with Gasteiger partial charge in [0.25, 0.3) is 10.0 Å². The maximum atomic E-state index is 13.3. The lowest BCUT2D eigenvalue weighted by atomic mass is 10.1. The lowest BCUT2D eigenvalue weighted by Gasteiger charge is -2.41. The number of carbonyl (C=O) groups excluding carboxylic acids is 1. The van der Waals surface area contributed by atoms with E-state index in [9.17, 15) is 18.3 Å². The number of phenolic OH excluding ortho intramolecular Hbond substituents is 1. The van der Waals surface area contributed by atoms with Gasteiger partial charge in [-0.2, -0.15) is 0 Å². The number of para-hydroxylation sites is 2. The molecule has 1 atom stereocenters. The van der Waals surface area contributed by atoms with Gasteiger partial charge in [0.05, 0.1) is 31.1 Å². The summed E-state index contributed by atoms with van der Waals surface area (Å²) in [5.74, 6) is -0.177. The van der Waals surface area contributed by atoms with Crippen molar-refractivity contribution < 1.29 is 23.1 Å². The first kappa shape index (κ1) is 18.1. The second-order valence-electron chi connectivity index (χ2n) is 6.10. The molecule has 0 fully saturated rings. The molecule has 0 aromatic heterocycles. The molecule has 0 unspecified atom stereocenters. The van der Waals surface area contributed by atoms with Crippen LogP contribution >= 0.6 is 0 Å². The van der Waals surface area contributed by atoms with Crippen molar-refractivity contribution in [2.75, 3.05) is 22.9 Å². The first-order valence-electron chi connectivity index (χ1n) is 8.06. The molecule has 0 saturated heterocycles. The predicted octanol–water partition coefficient (Wildman–Crippen LogP) is 2.35. The van der Waals surface area contributed by atoms with Gasteiger partial charge in [-0.1, -0.05) is 12.1 Å². The summed E-state index contributed by atoms with van der Waals surface area (Å²) in [6.07, 6.45) is 0. The van der Waals surface area contributed by atoms with Crippen molar-refractivity contribution in [2.45, 2.75) is 24.8 Å². The summed E-state index contributed by atoms with van der Waals surface area (Å²) in [5.41, 5.74) is 0.969. The van der Waals surface area contributed by atoms with Gasteiger partial charge in [0.2, 0.25) is 5.91 Å². The molecule has 3 rings (SSSR count). The number of methoxy groups -OCH3 is 1. The van der Waals surface area contributed by atoms with Crippen molar-refractivity contribution in [1.82, 2.24) is 0 Å². The minimum absolute atomic E-state index is 0.0453. The summed E-state index contributed by atoms with van der Waals surface area (Å²) in [6.45, 7) is 3.37. The van der Waals surface area contributed by atoms with Crippen LogP contribution < -0.4 is 13.9 Å². The van der Waals surface area contributed by atoms with E-state index >= 15 is 0 Å². The Morgan fingerprint density at radius 1 is 1.19 bits per heavy atom. The highest BCUT2D eigenvalue weighted by Crippen LogP contribution is 2.40. The third-order valence-corrected chi connectivity index (χ3v) is 6.15. The van der Waals surface area contributed by atoms with Crippen molar-refractivity contribution in [3.63, 3.8) is 0 Å². The standard InChI is InChI=1S/C18H20N2O5S/c1-12-11-19(15-6-4-5-7-16(15)20(12)13(2)21)26(23,24)18-9-8-14(22)10-17(18)25-3/h4-10,12,22H,11H2,1-3H3/t12-/m0/s1.